The monoisotopic (exact) mass is 310 g/mol. The van der Waals surface area contributed by atoms with Crippen LogP contribution in [-0.4, -0.2) is 24.0 Å². The Labute approximate surface area is 136 Å². The van der Waals surface area contributed by atoms with E-state index in [1.807, 2.05) is 18.3 Å². The van der Waals surface area contributed by atoms with Gasteiger partial charge in [0.1, 0.15) is 0 Å². The lowest BCUT2D eigenvalue weighted by Gasteiger charge is -2.15. The molecule has 0 saturated carbocycles. The highest BCUT2D eigenvalue weighted by Gasteiger charge is 2.30. The summed E-state index contributed by atoms with van der Waals surface area (Å²) in [5.74, 6) is 1.42. The number of nitrogens with one attached hydrogen (secondary N) is 1. The number of nitrogens with zero attached hydrogens (tertiary/aromatic N) is 1. The molecular weight excluding hydrogens is 288 g/mol. The van der Waals surface area contributed by atoms with Gasteiger partial charge in [-0.05, 0) is 49.1 Å². The van der Waals surface area contributed by atoms with Gasteiger partial charge in [-0.15, -0.1) is 0 Å². The highest BCUT2D eigenvalue weighted by Crippen LogP contribution is 2.41. The number of hydrogen-bond acceptors (Lipinski definition) is 3. The number of amides is 1. The number of carbonyl (C=O) groups is 1. The van der Waals surface area contributed by atoms with Crippen LogP contribution >= 0.6 is 0 Å². The zero-order chi connectivity index (χ0) is 15.6. The molecule has 1 unspecified atom stereocenters. The van der Waals surface area contributed by atoms with Crippen molar-refractivity contribution in [2.75, 3.05) is 13.2 Å². The van der Waals surface area contributed by atoms with Crippen LogP contribution in [0.25, 0.3) is 0 Å². The van der Waals surface area contributed by atoms with Crippen LogP contribution in [0, 0.1) is 0 Å². The predicted octanol–water partition coefficient (Wildman–Crippen LogP) is 2.83. The third kappa shape index (κ3) is 2.78. The van der Waals surface area contributed by atoms with Crippen molar-refractivity contribution in [1.82, 2.24) is 10.3 Å². The van der Waals surface area contributed by atoms with Gasteiger partial charge in [-0.3, -0.25) is 4.79 Å². The average Bonchev–Trinajstić information content (AvgIpc) is 3.21. The first-order chi connectivity index (χ1) is 11.3. The van der Waals surface area contributed by atoms with Crippen LogP contribution in [0.3, 0.4) is 0 Å². The number of rotatable bonds is 4. The first-order valence-corrected chi connectivity index (χ1v) is 8.61. The fraction of sp³-hybridized carbons (Fsp3) is 0.474. The minimum Gasteiger partial charge on any atom is -0.477 e. The fourth-order valence-corrected chi connectivity index (χ4v) is 3.92. The van der Waals surface area contributed by atoms with E-state index in [1.54, 1.807) is 0 Å². The number of allylic oxidation sites excluding steroid dienone is 2. The van der Waals surface area contributed by atoms with Gasteiger partial charge in [-0.25, -0.2) is 4.98 Å². The van der Waals surface area contributed by atoms with Gasteiger partial charge in [0.25, 0.3) is 5.91 Å². The van der Waals surface area contributed by atoms with E-state index in [9.17, 15) is 4.79 Å². The van der Waals surface area contributed by atoms with E-state index in [4.69, 9.17) is 4.74 Å². The second-order valence-electron chi connectivity index (χ2n) is 6.50. The molecule has 23 heavy (non-hydrogen) atoms. The Balaban J connectivity index is 1.39. The van der Waals surface area contributed by atoms with Crippen molar-refractivity contribution < 1.29 is 9.53 Å². The molecule has 1 amide bonds. The average molecular weight is 310 g/mol. The Morgan fingerprint density at radius 3 is 3.17 bits per heavy atom. The summed E-state index contributed by atoms with van der Waals surface area (Å²) < 4.78 is 5.60. The van der Waals surface area contributed by atoms with E-state index in [0.29, 0.717) is 5.92 Å². The number of pyridine rings is 1. The summed E-state index contributed by atoms with van der Waals surface area (Å²) in [6, 6.07) is 0. The normalized spacial score (nSPS) is 21.4. The van der Waals surface area contributed by atoms with Crippen LogP contribution < -0.4 is 10.1 Å². The van der Waals surface area contributed by atoms with Gasteiger partial charge in [0.2, 0.25) is 5.88 Å². The van der Waals surface area contributed by atoms with Crippen molar-refractivity contribution in [2.45, 2.75) is 44.4 Å². The van der Waals surface area contributed by atoms with E-state index in [0.717, 1.165) is 63.1 Å². The molecule has 1 aromatic heterocycles. The standard InChI is InChI=1S/C19H22N2O2/c22-18(14-4-2-1-3-5-14)20-10-8-13-6-7-15-12-21-19-16(17(13)15)9-11-23-19/h2,4-5,12-13H,1,3,6-11H2,(H,20,22). The highest BCUT2D eigenvalue weighted by molar-refractivity contribution is 5.96. The summed E-state index contributed by atoms with van der Waals surface area (Å²) in [6.07, 6.45) is 14.2. The zero-order valence-corrected chi connectivity index (χ0v) is 13.3. The molecule has 0 spiro atoms. The number of ether oxygens (including phenoxy) is 1. The lowest BCUT2D eigenvalue weighted by molar-refractivity contribution is -0.117. The SMILES string of the molecule is O=C(NCCC1CCc2cnc3c(c21)CCO3)C1=CCCC=C1. The predicted molar refractivity (Wildman–Crippen MR) is 88.6 cm³/mol. The number of fused-ring (bicyclic) bond motifs is 3. The summed E-state index contributed by atoms with van der Waals surface area (Å²) in [6.45, 7) is 1.48. The van der Waals surface area contributed by atoms with Gasteiger partial charge in [0, 0.05) is 30.3 Å². The number of aryl methyl sites for hydroxylation is 1. The van der Waals surface area contributed by atoms with Crippen molar-refractivity contribution in [3.05, 3.63) is 46.7 Å². The molecule has 3 aliphatic rings. The van der Waals surface area contributed by atoms with E-state index in [-0.39, 0.29) is 5.91 Å². The Hall–Kier alpha value is -2.10. The topological polar surface area (TPSA) is 51.2 Å². The minimum atomic E-state index is 0.0578. The highest BCUT2D eigenvalue weighted by atomic mass is 16.5. The van der Waals surface area contributed by atoms with Gasteiger partial charge in [0.15, 0.2) is 0 Å². The smallest absolute Gasteiger partial charge is 0.250 e. The van der Waals surface area contributed by atoms with Gasteiger partial charge in [0.05, 0.1) is 6.61 Å². The Morgan fingerprint density at radius 1 is 1.35 bits per heavy atom. The number of carbonyl (C=O) groups excluding carboxylic acids is 1. The molecule has 0 saturated heterocycles. The molecule has 2 aliphatic carbocycles. The Kier molecular flexibility index (Phi) is 3.90. The van der Waals surface area contributed by atoms with E-state index in [1.165, 1.54) is 16.7 Å². The van der Waals surface area contributed by atoms with Gasteiger partial charge in [-0.1, -0.05) is 18.2 Å². The molecule has 0 bridgehead atoms. The Morgan fingerprint density at radius 2 is 2.30 bits per heavy atom. The maximum absolute atomic E-state index is 12.1. The molecule has 1 aliphatic heterocycles. The molecule has 0 fully saturated rings. The molecule has 4 rings (SSSR count). The van der Waals surface area contributed by atoms with Crippen LogP contribution in [0.5, 0.6) is 5.88 Å². The lowest BCUT2D eigenvalue weighted by atomic mass is 9.93. The van der Waals surface area contributed by atoms with Gasteiger partial charge in [-0.2, -0.15) is 0 Å². The van der Waals surface area contributed by atoms with Crippen molar-refractivity contribution in [3.8, 4) is 5.88 Å². The molecular formula is C19H22N2O2. The first-order valence-electron chi connectivity index (χ1n) is 8.61. The second-order valence-corrected chi connectivity index (χ2v) is 6.50. The second kappa shape index (κ2) is 6.19. The molecule has 2 heterocycles. The molecule has 4 heteroatoms. The summed E-state index contributed by atoms with van der Waals surface area (Å²) in [5.41, 5.74) is 4.96. The Bertz CT molecular complexity index is 691. The molecule has 120 valence electrons. The van der Waals surface area contributed by atoms with Gasteiger partial charge < -0.3 is 10.1 Å². The lowest BCUT2D eigenvalue weighted by Crippen LogP contribution is -2.26. The zero-order valence-electron chi connectivity index (χ0n) is 13.3. The maximum atomic E-state index is 12.1. The van der Waals surface area contributed by atoms with Crippen LogP contribution in [0.15, 0.2) is 30.0 Å². The summed E-state index contributed by atoms with van der Waals surface area (Å²) in [7, 11) is 0. The quantitative estimate of drug-likeness (QED) is 0.930. The molecule has 0 radical (unpaired) electrons. The van der Waals surface area contributed by atoms with Crippen molar-refractivity contribution >= 4 is 5.91 Å². The fourth-order valence-electron chi connectivity index (χ4n) is 3.92. The number of aromatic nitrogens is 1. The number of hydrogen-bond donors (Lipinski definition) is 1. The van der Waals surface area contributed by atoms with Gasteiger partial charge >= 0.3 is 0 Å². The molecule has 1 atom stereocenters. The minimum absolute atomic E-state index is 0.0578. The first kappa shape index (κ1) is 14.5. The van der Waals surface area contributed by atoms with Crippen molar-refractivity contribution in [1.29, 1.82) is 0 Å². The third-order valence-corrected chi connectivity index (χ3v) is 5.06. The van der Waals surface area contributed by atoms with Crippen LogP contribution in [0.1, 0.15) is 48.3 Å². The van der Waals surface area contributed by atoms with E-state index >= 15 is 0 Å². The third-order valence-electron chi connectivity index (χ3n) is 5.06. The van der Waals surface area contributed by atoms with E-state index < -0.39 is 0 Å². The van der Waals surface area contributed by atoms with Crippen molar-refractivity contribution in [3.63, 3.8) is 0 Å². The summed E-state index contributed by atoms with van der Waals surface area (Å²) >= 11 is 0. The maximum Gasteiger partial charge on any atom is 0.250 e. The molecule has 1 aromatic rings. The summed E-state index contributed by atoms with van der Waals surface area (Å²) in [4.78, 5) is 16.6. The summed E-state index contributed by atoms with van der Waals surface area (Å²) in [5, 5.41) is 3.07. The molecule has 4 nitrogen and oxygen atoms in total. The molecule has 0 aromatic carbocycles. The molecule has 1 N–H and O–H groups in total. The largest absolute Gasteiger partial charge is 0.477 e. The van der Waals surface area contributed by atoms with Crippen molar-refractivity contribution in [2.24, 2.45) is 0 Å². The van der Waals surface area contributed by atoms with E-state index in [2.05, 4.69) is 16.4 Å². The van der Waals surface area contributed by atoms with Crippen LogP contribution in [0.2, 0.25) is 0 Å². The van der Waals surface area contributed by atoms with Crippen LogP contribution in [-0.2, 0) is 17.6 Å². The van der Waals surface area contributed by atoms with Crippen LogP contribution in [0.4, 0.5) is 0 Å².